The lowest BCUT2D eigenvalue weighted by Gasteiger charge is -2.62. The second kappa shape index (κ2) is 7.16. The summed E-state index contributed by atoms with van der Waals surface area (Å²) in [5, 5.41) is 11.3. The molecule has 2 unspecified atom stereocenters. The third-order valence-electron chi connectivity index (χ3n) is 9.06. The normalized spacial score (nSPS) is 41.2. The monoisotopic (exact) mass is 436 g/mol. The van der Waals surface area contributed by atoms with Gasteiger partial charge in [0.25, 0.3) is 0 Å². The summed E-state index contributed by atoms with van der Waals surface area (Å²) in [6.45, 7) is 7.36. The van der Waals surface area contributed by atoms with Crippen molar-refractivity contribution in [3.05, 3.63) is 0 Å². The molecule has 6 aliphatic rings. The Morgan fingerprint density at radius 1 is 0.806 bits per heavy atom. The van der Waals surface area contributed by atoms with E-state index >= 15 is 0 Å². The average Bonchev–Trinajstić information content (AvgIpc) is 2.64. The van der Waals surface area contributed by atoms with E-state index in [2.05, 4.69) is 13.8 Å². The van der Waals surface area contributed by atoms with Crippen molar-refractivity contribution < 1.29 is 33.6 Å². The molecule has 7 heteroatoms. The van der Waals surface area contributed by atoms with E-state index in [1.54, 1.807) is 0 Å². The SMILES string of the molecule is CCC1(COC(=O)C23CC4CC(O)(C2)CC(C(=O)OCC2(CC)COC2)(C4)C3)COC1. The Morgan fingerprint density at radius 3 is 1.58 bits per heavy atom. The molecule has 7 nitrogen and oxygen atoms in total. The van der Waals surface area contributed by atoms with Crippen molar-refractivity contribution in [1.82, 2.24) is 0 Å². The fourth-order valence-corrected chi connectivity index (χ4v) is 7.15. The van der Waals surface area contributed by atoms with E-state index in [4.69, 9.17) is 18.9 Å². The number of carbonyl (C=O) groups is 2. The van der Waals surface area contributed by atoms with Crippen LogP contribution >= 0.6 is 0 Å². The van der Waals surface area contributed by atoms with Crippen molar-refractivity contribution in [2.45, 2.75) is 70.8 Å². The Hall–Kier alpha value is -1.18. The quantitative estimate of drug-likeness (QED) is 0.585. The second-order valence-electron chi connectivity index (χ2n) is 11.6. The van der Waals surface area contributed by atoms with E-state index < -0.39 is 16.4 Å². The van der Waals surface area contributed by atoms with Gasteiger partial charge in [0.15, 0.2) is 0 Å². The Balaban J connectivity index is 1.32. The lowest BCUT2D eigenvalue weighted by Crippen LogP contribution is -2.65. The minimum Gasteiger partial charge on any atom is -0.464 e. The van der Waals surface area contributed by atoms with Crippen LogP contribution in [0.15, 0.2) is 0 Å². The molecule has 0 radical (unpaired) electrons. The molecule has 6 fully saturated rings. The van der Waals surface area contributed by atoms with Crippen molar-refractivity contribution in [1.29, 1.82) is 0 Å². The summed E-state index contributed by atoms with van der Waals surface area (Å²) in [6.07, 6.45) is 5.09. The van der Waals surface area contributed by atoms with Gasteiger partial charge in [0.2, 0.25) is 0 Å². The molecular weight excluding hydrogens is 400 g/mol. The molecule has 6 rings (SSSR count). The van der Waals surface area contributed by atoms with Crippen LogP contribution in [0.5, 0.6) is 0 Å². The van der Waals surface area contributed by atoms with E-state index in [9.17, 15) is 14.7 Å². The van der Waals surface area contributed by atoms with Crippen molar-refractivity contribution in [2.24, 2.45) is 27.6 Å². The molecule has 2 saturated heterocycles. The third-order valence-corrected chi connectivity index (χ3v) is 9.06. The highest BCUT2D eigenvalue weighted by Crippen LogP contribution is 2.67. The highest BCUT2D eigenvalue weighted by Gasteiger charge is 2.69. The summed E-state index contributed by atoms with van der Waals surface area (Å²) in [5.74, 6) is -0.339. The summed E-state index contributed by atoms with van der Waals surface area (Å²) >= 11 is 0. The highest BCUT2D eigenvalue weighted by molar-refractivity contribution is 5.83. The standard InChI is InChI=1S/C24H36O7/c1-3-20(11-28-12-20)15-30-18(25)22-5-17-6-23(8-22,10-24(27,7-17)9-22)19(26)31-16-21(4-2)13-29-14-21/h17,27H,3-16H2,1-2H3. The number of esters is 2. The maximum atomic E-state index is 13.4. The first-order valence-electron chi connectivity index (χ1n) is 11.9. The Morgan fingerprint density at radius 2 is 1.26 bits per heavy atom. The molecular formula is C24H36O7. The van der Waals surface area contributed by atoms with Gasteiger partial charge in [-0.05, 0) is 57.3 Å². The molecule has 2 atom stereocenters. The minimum absolute atomic E-state index is 0.0786. The molecule has 4 aliphatic carbocycles. The lowest BCUT2D eigenvalue weighted by molar-refractivity contribution is -0.233. The number of aliphatic hydroxyl groups is 1. The molecule has 0 amide bonds. The average molecular weight is 437 g/mol. The van der Waals surface area contributed by atoms with Gasteiger partial charge in [-0.1, -0.05) is 13.8 Å². The topological polar surface area (TPSA) is 91.3 Å². The molecule has 1 N–H and O–H groups in total. The first-order valence-corrected chi connectivity index (χ1v) is 11.9. The van der Waals surface area contributed by atoms with Crippen LogP contribution in [-0.4, -0.2) is 62.3 Å². The predicted molar refractivity (Wildman–Crippen MR) is 110 cm³/mol. The Bertz CT molecular complexity index is 688. The third kappa shape index (κ3) is 3.42. The summed E-state index contributed by atoms with van der Waals surface area (Å²) in [4.78, 5) is 26.8. The summed E-state index contributed by atoms with van der Waals surface area (Å²) < 4.78 is 22.4. The van der Waals surface area contributed by atoms with Gasteiger partial charge in [-0.25, -0.2) is 0 Å². The van der Waals surface area contributed by atoms with Crippen LogP contribution in [0.3, 0.4) is 0 Å². The van der Waals surface area contributed by atoms with E-state index in [0.29, 0.717) is 78.2 Å². The van der Waals surface area contributed by atoms with Gasteiger partial charge in [0.05, 0.1) is 53.7 Å². The molecule has 0 aromatic rings. The minimum atomic E-state index is -0.985. The molecule has 31 heavy (non-hydrogen) atoms. The van der Waals surface area contributed by atoms with Gasteiger partial charge in [0, 0.05) is 0 Å². The molecule has 0 aromatic carbocycles. The Kier molecular flexibility index (Phi) is 5.00. The summed E-state index contributed by atoms with van der Waals surface area (Å²) in [5.41, 5.74) is -2.71. The molecule has 0 aromatic heterocycles. The summed E-state index contributed by atoms with van der Waals surface area (Å²) in [6, 6.07) is 0. The second-order valence-corrected chi connectivity index (χ2v) is 11.6. The maximum Gasteiger partial charge on any atom is 0.312 e. The van der Waals surface area contributed by atoms with Crippen LogP contribution in [0.4, 0.5) is 0 Å². The van der Waals surface area contributed by atoms with Crippen LogP contribution in [-0.2, 0) is 28.5 Å². The molecule has 2 heterocycles. The fraction of sp³-hybridized carbons (Fsp3) is 0.917. The van der Waals surface area contributed by atoms with Crippen molar-refractivity contribution >= 4 is 11.9 Å². The van der Waals surface area contributed by atoms with Gasteiger partial charge in [0.1, 0.15) is 13.2 Å². The van der Waals surface area contributed by atoms with Crippen LogP contribution in [0, 0.1) is 27.6 Å². The van der Waals surface area contributed by atoms with Crippen molar-refractivity contribution in [3.63, 3.8) is 0 Å². The number of rotatable bonds is 8. The molecule has 174 valence electrons. The van der Waals surface area contributed by atoms with Crippen molar-refractivity contribution in [2.75, 3.05) is 39.6 Å². The molecule has 0 spiro atoms. The zero-order valence-corrected chi connectivity index (χ0v) is 18.9. The molecule has 4 saturated carbocycles. The van der Waals surface area contributed by atoms with Gasteiger partial charge < -0.3 is 24.1 Å². The maximum absolute atomic E-state index is 13.4. The van der Waals surface area contributed by atoms with Crippen molar-refractivity contribution in [3.8, 4) is 0 Å². The van der Waals surface area contributed by atoms with E-state index in [0.717, 1.165) is 12.8 Å². The largest absolute Gasteiger partial charge is 0.464 e. The lowest BCUT2D eigenvalue weighted by atomic mass is 9.42. The zero-order valence-electron chi connectivity index (χ0n) is 18.9. The van der Waals surface area contributed by atoms with Gasteiger partial charge >= 0.3 is 11.9 Å². The van der Waals surface area contributed by atoms with Gasteiger partial charge in [-0.2, -0.15) is 0 Å². The fourth-order valence-electron chi connectivity index (χ4n) is 7.15. The smallest absolute Gasteiger partial charge is 0.312 e. The first-order chi connectivity index (χ1) is 14.7. The van der Waals surface area contributed by atoms with Crippen LogP contribution in [0.1, 0.15) is 65.2 Å². The van der Waals surface area contributed by atoms with E-state index in [-0.39, 0.29) is 28.7 Å². The molecule has 2 aliphatic heterocycles. The van der Waals surface area contributed by atoms with Crippen LogP contribution < -0.4 is 0 Å². The van der Waals surface area contributed by atoms with Crippen LogP contribution in [0.25, 0.3) is 0 Å². The summed E-state index contributed by atoms with van der Waals surface area (Å²) in [7, 11) is 0. The predicted octanol–water partition coefficient (Wildman–Crippen LogP) is 2.63. The van der Waals surface area contributed by atoms with E-state index in [1.165, 1.54) is 0 Å². The number of ether oxygens (including phenoxy) is 4. The molecule has 4 bridgehead atoms. The number of hydrogen-bond acceptors (Lipinski definition) is 7. The van der Waals surface area contributed by atoms with Gasteiger partial charge in [-0.3, -0.25) is 9.59 Å². The zero-order chi connectivity index (χ0) is 22.0. The van der Waals surface area contributed by atoms with Crippen LogP contribution in [0.2, 0.25) is 0 Å². The first kappa shape index (κ1) is 21.7. The Labute approximate surface area is 184 Å². The number of hydrogen-bond donors (Lipinski definition) is 1. The number of carbonyl (C=O) groups excluding carboxylic acids is 2. The highest BCUT2D eigenvalue weighted by atomic mass is 16.6. The van der Waals surface area contributed by atoms with Gasteiger partial charge in [-0.15, -0.1) is 0 Å². The van der Waals surface area contributed by atoms with E-state index in [1.807, 2.05) is 0 Å².